The third-order valence-corrected chi connectivity index (χ3v) is 4.07. The SMILES string of the molecule is O=C(COc1ccc(C(=O)c2ccccc2)cc1)NC[C@H]1CCCO1. The molecule has 1 heterocycles. The van der Waals surface area contributed by atoms with Crippen molar-refractivity contribution in [3.05, 3.63) is 65.7 Å². The van der Waals surface area contributed by atoms with E-state index in [0.717, 1.165) is 19.4 Å². The first-order valence-corrected chi connectivity index (χ1v) is 8.43. The number of carbonyl (C=O) groups excluding carboxylic acids is 2. The minimum Gasteiger partial charge on any atom is -0.484 e. The molecule has 0 unspecified atom stereocenters. The number of carbonyl (C=O) groups is 2. The highest BCUT2D eigenvalue weighted by molar-refractivity contribution is 6.08. The Bertz CT molecular complexity index is 706. The molecule has 2 aromatic carbocycles. The largest absolute Gasteiger partial charge is 0.484 e. The van der Waals surface area contributed by atoms with Gasteiger partial charge in [-0.2, -0.15) is 0 Å². The van der Waals surface area contributed by atoms with Crippen LogP contribution >= 0.6 is 0 Å². The van der Waals surface area contributed by atoms with Crippen LogP contribution in [0, 0.1) is 0 Å². The second-order valence-electron chi connectivity index (χ2n) is 5.95. The number of nitrogens with one attached hydrogen (secondary N) is 1. The van der Waals surface area contributed by atoms with Crippen LogP contribution in [-0.4, -0.2) is 37.6 Å². The van der Waals surface area contributed by atoms with Gasteiger partial charge in [-0.3, -0.25) is 9.59 Å². The third kappa shape index (κ3) is 4.90. The van der Waals surface area contributed by atoms with Gasteiger partial charge in [0.1, 0.15) is 5.75 Å². The van der Waals surface area contributed by atoms with Gasteiger partial charge in [0, 0.05) is 24.3 Å². The molecule has 3 rings (SSSR count). The molecule has 0 spiro atoms. The Morgan fingerprint density at radius 2 is 1.76 bits per heavy atom. The van der Waals surface area contributed by atoms with Gasteiger partial charge in [-0.15, -0.1) is 0 Å². The average molecular weight is 339 g/mol. The molecule has 1 N–H and O–H groups in total. The summed E-state index contributed by atoms with van der Waals surface area (Å²) in [5, 5.41) is 2.80. The summed E-state index contributed by atoms with van der Waals surface area (Å²) in [4.78, 5) is 24.1. The highest BCUT2D eigenvalue weighted by Gasteiger charge is 2.16. The van der Waals surface area contributed by atoms with Gasteiger partial charge in [-0.05, 0) is 37.1 Å². The molecular formula is C20H21NO4. The summed E-state index contributed by atoms with van der Waals surface area (Å²) in [7, 11) is 0. The van der Waals surface area contributed by atoms with Crippen molar-refractivity contribution in [1.82, 2.24) is 5.32 Å². The Hall–Kier alpha value is -2.66. The molecule has 1 aliphatic rings. The van der Waals surface area contributed by atoms with Gasteiger partial charge in [0.25, 0.3) is 5.91 Å². The fraction of sp³-hybridized carbons (Fsp3) is 0.300. The van der Waals surface area contributed by atoms with Crippen LogP contribution in [0.25, 0.3) is 0 Å². The van der Waals surface area contributed by atoms with Gasteiger partial charge in [-0.1, -0.05) is 30.3 Å². The Morgan fingerprint density at radius 3 is 2.44 bits per heavy atom. The monoisotopic (exact) mass is 339 g/mol. The Balaban J connectivity index is 1.47. The highest BCUT2D eigenvalue weighted by atomic mass is 16.5. The predicted molar refractivity (Wildman–Crippen MR) is 93.8 cm³/mol. The smallest absolute Gasteiger partial charge is 0.258 e. The van der Waals surface area contributed by atoms with Crippen molar-refractivity contribution in [2.75, 3.05) is 19.8 Å². The van der Waals surface area contributed by atoms with Gasteiger partial charge in [0.2, 0.25) is 0 Å². The van der Waals surface area contributed by atoms with Gasteiger partial charge < -0.3 is 14.8 Å². The molecule has 2 aromatic rings. The lowest BCUT2D eigenvalue weighted by Gasteiger charge is -2.11. The van der Waals surface area contributed by atoms with E-state index < -0.39 is 0 Å². The molecule has 130 valence electrons. The molecular weight excluding hydrogens is 318 g/mol. The highest BCUT2D eigenvalue weighted by Crippen LogP contribution is 2.15. The van der Waals surface area contributed by atoms with E-state index in [-0.39, 0.29) is 24.4 Å². The van der Waals surface area contributed by atoms with Gasteiger partial charge >= 0.3 is 0 Å². The standard InChI is InChI=1S/C20H21NO4/c22-19(21-13-18-7-4-12-24-18)14-25-17-10-8-16(9-11-17)20(23)15-5-2-1-3-6-15/h1-3,5-6,8-11,18H,4,7,12-14H2,(H,21,22)/t18-/m1/s1. The lowest BCUT2D eigenvalue weighted by atomic mass is 10.0. The molecule has 1 fully saturated rings. The molecule has 25 heavy (non-hydrogen) atoms. The lowest BCUT2D eigenvalue weighted by Crippen LogP contribution is -2.35. The Labute approximate surface area is 147 Å². The molecule has 0 aromatic heterocycles. The minimum atomic E-state index is -0.181. The van der Waals surface area contributed by atoms with Crippen molar-refractivity contribution in [1.29, 1.82) is 0 Å². The van der Waals surface area contributed by atoms with Gasteiger partial charge in [0.05, 0.1) is 6.10 Å². The maximum absolute atomic E-state index is 12.3. The topological polar surface area (TPSA) is 64.6 Å². The van der Waals surface area contributed by atoms with Crippen molar-refractivity contribution in [2.45, 2.75) is 18.9 Å². The first kappa shape index (κ1) is 17.2. The first-order chi connectivity index (χ1) is 12.2. The van der Waals surface area contributed by atoms with Crippen LogP contribution in [-0.2, 0) is 9.53 Å². The Morgan fingerprint density at radius 1 is 1.04 bits per heavy atom. The zero-order valence-electron chi connectivity index (χ0n) is 13.9. The second kappa shape index (κ2) is 8.44. The van der Waals surface area contributed by atoms with Crippen molar-refractivity contribution in [3.63, 3.8) is 0 Å². The summed E-state index contributed by atoms with van der Waals surface area (Å²) >= 11 is 0. The number of ether oxygens (including phenoxy) is 2. The number of benzene rings is 2. The van der Waals surface area contributed by atoms with E-state index in [2.05, 4.69) is 5.32 Å². The summed E-state index contributed by atoms with van der Waals surface area (Å²) in [5.41, 5.74) is 1.23. The molecule has 1 amide bonds. The molecule has 1 aliphatic heterocycles. The fourth-order valence-electron chi connectivity index (χ4n) is 2.69. The normalized spacial score (nSPS) is 16.4. The van der Waals surface area contributed by atoms with E-state index in [1.807, 2.05) is 18.2 Å². The number of ketones is 1. The lowest BCUT2D eigenvalue weighted by molar-refractivity contribution is -0.123. The number of amides is 1. The summed E-state index contributed by atoms with van der Waals surface area (Å²) in [6, 6.07) is 15.9. The van der Waals surface area contributed by atoms with Crippen LogP contribution in [0.2, 0.25) is 0 Å². The van der Waals surface area contributed by atoms with E-state index in [1.54, 1.807) is 36.4 Å². The van der Waals surface area contributed by atoms with Crippen LogP contribution in [0.15, 0.2) is 54.6 Å². The third-order valence-electron chi connectivity index (χ3n) is 4.07. The fourth-order valence-corrected chi connectivity index (χ4v) is 2.69. The summed E-state index contributed by atoms with van der Waals surface area (Å²) < 4.78 is 10.9. The number of hydrogen-bond donors (Lipinski definition) is 1. The van der Waals surface area contributed by atoms with E-state index in [1.165, 1.54) is 0 Å². The Kier molecular flexibility index (Phi) is 5.80. The van der Waals surface area contributed by atoms with Crippen LogP contribution in [0.3, 0.4) is 0 Å². The molecule has 5 nitrogen and oxygen atoms in total. The molecule has 1 atom stereocenters. The number of hydrogen-bond acceptors (Lipinski definition) is 4. The molecule has 5 heteroatoms. The zero-order valence-corrected chi connectivity index (χ0v) is 13.9. The molecule has 0 aliphatic carbocycles. The van der Waals surface area contributed by atoms with E-state index >= 15 is 0 Å². The molecule has 0 saturated carbocycles. The van der Waals surface area contributed by atoms with Crippen LogP contribution in [0.4, 0.5) is 0 Å². The maximum Gasteiger partial charge on any atom is 0.258 e. The van der Waals surface area contributed by atoms with Gasteiger partial charge in [0.15, 0.2) is 12.4 Å². The van der Waals surface area contributed by atoms with E-state index in [4.69, 9.17) is 9.47 Å². The minimum absolute atomic E-state index is 0.0403. The predicted octanol–water partition coefficient (Wildman–Crippen LogP) is 2.59. The first-order valence-electron chi connectivity index (χ1n) is 8.43. The van der Waals surface area contributed by atoms with Crippen molar-refractivity contribution in [2.24, 2.45) is 0 Å². The van der Waals surface area contributed by atoms with Crippen LogP contribution < -0.4 is 10.1 Å². The quantitative estimate of drug-likeness (QED) is 0.788. The van der Waals surface area contributed by atoms with Gasteiger partial charge in [-0.25, -0.2) is 0 Å². The van der Waals surface area contributed by atoms with Crippen LogP contribution in [0.5, 0.6) is 5.75 Å². The summed E-state index contributed by atoms with van der Waals surface area (Å²) in [6.45, 7) is 1.23. The molecule has 0 radical (unpaired) electrons. The maximum atomic E-state index is 12.3. The summed E-state index contributed by atoms with van der Waals surface area (Å²) in [5.74, 6) is 0.332. The average Bonchev–Trinajstić information content (AvgIpc) is 3.19. The van der Waals surface area contributed by atoms with E-state index in [9.17, 15) is 9.59 Å². The number of rotatable bonds is 7. The van der Waals surface area contributed by atoms with Crippen molar-refractivity contribution < 1.29 is 19.1 Å². The molecule has 1 saturated heterocycles. The zero-order chi connectivity index (χ0) is 17.5. The van der Waals surface area contributed by atoms with Crippen molar-refractivity contribution in [3.8, 4) is 5.75 Å². The van der Waals surface area contributed by atoms with Crippen LogP contribution in [0.1, 0.15) is 28.8 Å². The molecule has 0 bridgehead atoms. The van der Waals surface area contributed by atoms with Crippen molar-refractivity contribution >= 4 is 11.7 Å². The summed E-state index contributed by atoms with van der Waals surface area (Å²) in [6.07, 6.45) is 2.15. The second-order valence-corrected chi connectivity index (χ2v) is 5.95. The van der Waals surface area contributed by atoms with E-state index in [0.29, 0.717) is 23.4 Å².